The van der Waals surface area contributed by atoms with Gasteiger partial charge in [-0.15, -0.1) is 0 Å². The molecule has 1 aromatic heterocycles. The molecular formula is C20H13BrN4O2. The van der Waals surface area contributed by atoms with Gasteiger partial charge in [-0.05, 0) is 33.4 Å². The number of hydrazone groups is 1. The van der Waals surface area contributed by atoms with Gasteiger partial charge in [0.1, 0.15) is 0 Å². The van der Waals surface area contributed by atoms with Crippen LogP contribution in [0.4, 0.5) is 11.5 Å². The highest BCUT2D eigenvalue weighted by Gasteiger charge is 2.11. The van der Waals surface area contributed by atoms with Crippen molar-refractivity contribution in [2.75, 3.05) is 5.43 Å². The zero-order valence-corrected chi connectivity index (χ0v) is 15.6. The van der Waals surface area contributed by atoms with Gasteiger partial charge < -0.3 is 0 Å². The molecule has 0 saturated carbocycles. The van der Waals surface area contributed by atoms with Gasteiger partial charge in [0.25, 0.3) is 5.69 Å². The van der Waals surface area contributed by atoms with E-state index in [0.717, 1.165) is 21.7 Å². The summed E-state index contributed by atoms with van der Waals surface area (Å²) in [5, 5.41) is 18.4. The van der Waals surface area contributed by atoms with Crippen LogP contribution in [0, 0.1) is 10.1 Å². The molecule has 0 spiro atoms. The summed E-state index contributed by atoms with van der Waals surface area (Å²) in [5.74, 6) is 0.632. The predicted octanol–water partition coefficient (Wildman–Crippen LogP) is 5.50. The number of nitro benzene ring substituents is 1. The second-order valence-corrected chi connectivity index (χ2v) is 6.72. The third kappa shape index (κ3) is 3.37. The van der Waals surface area contributed by atoms with E-state index in [0.29, 0.717) is 15.9 Å². The number of nitro groups is 1. The normalized spacial score (nSPS) is 11.3. The third-order valence-corrected chi connectivity index (χ3v) is 4.83. The van der Waals surface area contributed by atoms with Crippen LogP contribution in [-0.2, 0) is 0 Å². The van der Waals surface area contributed by atoms with Gasteiger partial charge in [-0.1, -0.05) is 48.5 Å². The summed E-state index contributed by atoms with van der Waals surface area (Å²) in [7, 11) is 0. The summed E-state index contributed by atoms with van der Waals surface area (Å²) < 4.78 is 0.430. The molecule has 0 atom stereocenters. The molecule has 3 aromatic carbocycles. The van der Waals surface area contributed by atoms with Gasteiger partial charge in [-0.25, -0.2) is 4.98 Å². The molecule has 132 valence electrons. The summed E-state index contributed by atoms with van der Waals surface area (Å²) in [5.41, 5.74) is 4.44. The molecule has 0 amide bonds. The molecule has 0 saturated heterocycles. The Morgan fingerprint density at radius 2 is 1.70 bits per heavy atom. The molecule has 0 aliphatic rings. The standard InChI is InChI=1S/C20H13BrN4O2/c21-17-10-9-13(11-19(17)25(26)27)12-22-24-20-16-7-2-1-5-14(16)15-6-3-4-8-18(15)23-20/h1-12H,(H,23,24)/b22-12-. The largest absolute Gasteiger partial charge is 0.284 e. The Kier molecular flexibility index (Phi) is 4.52. The number of para-hydroxylation sites is 1. The van der Waals surface area contributed by atoms with Crippen LogP contribution in [-0.4, -0.2) is 16.1 Å². The molecule has 0 unspecified atom stereocenters. The molecule has 0 aliphatic carbocycles. The van der Waals surface area contributed by atoms with Gasteiger partial charge in [0.2, 0.25) is 0 Å². The lowest BCUT2D eigenvalue weighted by Crippen LogP contribution is -1.97. The quantitative estimate of drug-likeness (QED) is 0.204. The molecule has 0 bridgehead atoms. The van der Waals surface area contributed by atoms with Crippen LogP contribution in [0.5, 0.6) is 0 Å². The van der Waals surface area contributed by atoms with Crippen LogP contribution >= 0.6 is 15.9 Å². The molecular weight excluding hydrogens is 408 g/mol. The summed E-state index contributed by atoms with van der Waals surface area (Å²) in [6, 6.07) is 20.7. The van der Waals surface area contributed by atoms with Crippen molar-refractivity contribution in [3.63, 3.8) is 0 Å². The molecule has 0 aliphatic heterocycles. The Hall–Kier alpha value is -3.32. The van der Waals surface area contributed by atoms with E-state index < -0.39 is 4.92 Å². The maximum Gasteiger partial charge on any atom is 0.284 e. The van der Waals surface area contributed by atoms with Gasteiger partial charge in [0, 0.05) is 22.4 Å². The lowest BCUT2D eigenvalue weighted by atomic mass is 10.1. The summed E-state index contributed by atoms with van der Waals surface area (Å²) in [6.07, 6.45) is 1.53. The van der Waals surface area contributed by atoms with Gasteiger partial charge in [-0.2, -0.15) is 5.10 Å². The Morgan fingerprint density at radius 1 is 1.00 bits per heavy atom. The zero-order chi connectivity index (χ0) is 18.8. The second kappa shape index (κ2) is 7.13. The Balaban J connectivity index is 1.70. The highest BCUT2D eigenvalue weighted by molar-refractivity contribution is 9.10. The van der Waals surface area contributed by atoms with E-state index in [9.17, 15) is 10.1 Å². The van der Waals surface area contributed by atoms with Crippen molar-refractivity contribution < 1.29 is 4.92 Å². The average Bonchev–Trinajstić information content (AvgIpc) is 2.69. The molecule has 6 nitrogen and oxygen atoms in total. The Bertz CT molecular complexity index is 1210. The minimum absolute atomic E-state index is 0.00627. The molecule has 1 N–H and O–H groups in total. The third-order valence-electron chi connectivity index (χ3n) is 4.16. The van der Waals surface area contributed by atoms with E-state index in [4.69, 9.17) is 0 Å². The van der Waals surface area contributed by atoms with Crippen LogP contribution in [0.3, 0.4) is 0 Å². The van der Waals surface area contributed by atoms with Crippen molar-refractivity contribution in [3.05, 3.63) is 86.9 Å². The lowest BCUT2D eigenvalue weighted by Gasteiger charge is -2.08. The number of nitrogens with zero attached hydrogens (tertiary/aromatic N) is 3. The highest BCUT2D eigenvalue weighted by Crippen LogP contribution is 2.29. The fraction of sp³-hybridized carbons (Fsp3) is 0. The first kappa shape index (κ1) is 17.1. The fourth-order valence-electron chi connectivity index (χ4n) is 2.91. The Morgan fingerprint density at radius 3 is 2.48 bits per heavy atom. The number of nitrogens with one attached hydrogen (secondary N) is 1. The van der Waals surface area contributed by atoms with Crippen molar-refractivity contribution in [1.82, 2.24) is 4.98 Å². The number of halogens is 1. The minimum atomic E-state index is -0.437. The average molecular weight is 421 g/mol. The van der Waals surface area contributed by atoms with Crippen molar-refractivity contribution >= 4 is 55.3 Å². The Labute approximate surface area is 162 Å². The first-order valence-electron chi connectivity index (χ1n) is 8.14. The van der Waals surface area contributed by atoms with Crippen molar-refractivity contribution in [2.24, 2.45) is 5.10 Å². The molecule has 0 radical (unpaired) electrons. The molecule has 1 heterocycles. The number of pyridine rings is 1. The topological polar surface area (TPSA) is 80.4 Å². The number of aromatic nitrogens is 1. The first-order valence-corrected chi connectivity index (χ1v) is 8.93. The SMILES string of the molecule is O=[N+]([O-])c1cc(/C=N\Nc2nc3ccccc3c3ccccc23)ccc1Br. The number of fused-ring (bicyclic) bond motifs is 3. The maximum atomic E-state index is 11.0. The fourth-order valence-corrected chi connectivity index (χ4v) is 3.30. The summed E-state index contributed by atoms with van der Waals surface area (Å²) in [6.45, 7) is 0. The zero-order valence-electron chi connectivity index (χ0n) is 14.0. The smallest absolute Gasteiger partial charge is 0.261 e. The highest BCUT2D eigenvalue weighted by atomic mass is 79.9. The van der Waals surface area contributed by atoms with Crippen LogP contribution in [0.25, 0.3) is 21.7 Å². The summed E-state index contributed by atoms with van der Waals surface area (Å²) >= 11 is 3.17. The van der Waals surface area contributed by atoms with E-state index in [1.165, 1.54) is 12.3 Å². The number of hydrogen-bond donors (Lipinski definition) is 1. The van der Waals surface area contributed by atoms with E-state index in [1.54, 1.807) is 12.1 Å². The summed E-state index contributed by atoms with van der Waals surface area (Å²) in [4.78, 5) is 15.3. The van der Waals surface area contributed by atoms with Crippen molar-refractivity contribution in [1.29, 1.82) is 0 Å². The van der Waals surface area contributed by atoms with Crippen LogP contribution in [0.2, 0.25) is 0 Å². The number of hydrogen-bond acceptors (Lipinski definition) is 5. The predicted molar refractivity (Wildman–Crippen MR) is 111 cm³/mol. The van der Waals surface area contributed by atoms with Gasteiger partial charge in [0.05, 0.1) is 21.1 Å². The molecule has 4 rings (SSSR count). The first-order chi connectivity index (χ1) is 13.1. The molecule has 4 aromatic rings. The van der Waals surface area contributed by atoms with Crippen LogP contribution < -0.4 is 5.43 Å². The van der Waals surface area contributed by atoms with Crippen LogP contribution in [0.15, 0.2) is 76.3 Å². The van der Waals surface area contributed by atoms with E-state index in [1.807, 2.05) is 48.5 Å². The second-order valence-electron chi connectivity index (χ2n) is 5.86. The van der Waals surface area contributed by atoms with Crippen LogP contribution in [0.1, 0.15) is 5.56 Å². The monoisotopic (exact) mass is 420 g/mol. The van der Waals surface area contributed by atoms with Gasteiger partial charge in [-0.3, -0.25) is 15.5 Å². The van der Waals surface area contributed by atoms with Crippen molar-refractivity contribution in [2.45, 2.75) is 0 Å². The maximum absolute atomic E-state index is 11.0. The molecule has 27 heavy (non-hydrogen) atoms. The number of anilines is 1. The minimum Gasteiger partial charge on any atom is -0.261 e. The number of benzene rings is 3. The molecule has 0 fully saturated rings. The van der Waals surface area contributed by atoms with Gasteiger partial charge in [0.15, 0.2) is 5.82 Å². The van der Waals surface area contributed by atoms with Crippen molar-refractivity contribution in [3.8, 4) is 0 Å². The van der Waals surface area contributed by atoms with Gasteiger partial charge >= 0.3 is 0 Å². The van der Waals surface area contributed by atoms with E-state index in [2.05, 4.69) is 31.4 Å². The lowest BCUT2D eigenvalue weighted by molar-refractivity contribution is -0.385. The van der Waals surface area contributed by atoms with E-state index >= 15 is 0 Å². The van der Waals surface area contributed by atoms with E-state index in [-0.39, 0.29) is 5.69 Å². The molecule has 7 heteroatoms. The number of rotatable bonds is 4.